The zero-order valence-corrected chi connectivity index (χ0v) is 12.7. The van der Waals surface area contributed by atoms with Gasteiger partial charge in [0.05, 0.1) is 11.4 Å². The molecule has 0 fully saturated rings. The monoisotopic (exact) mass is 352 g/mol. The van der Waals surface area contributed by atoms with E-state index in [4.69, 9.17) is 4.18 Å². The van der Waals surface area contributed by atoms with Crippen LogP contribution in [-0.4, -0.2) is 52.9 Å². The first kappa shape index (κ1) is 18.3. The number of aromatic nitrogens is 3. The molecule has 1 heterocycles. The zero-order chi connectivity index (χ0) is 16.1. The molecule has 3 rings (SSSR count). The molecule has 0 bridgehead atoms. The topological polar surface area (TPSA) is 85.3 Å². The number of hydrogen-bond donors (Lipinski definition) is 0. The molecule has 7 nitrogen and oxygen atoms in total. The Bertz CT molecular complexity index is 825. The van der Waals surface area contributed by atoms with Crippen molar-refractivity contribution in [2.45, 2.75) is 0 Å². The van der Waals surface area contributed by atoms with Gasteiger partial charge in [-0.1, -0.05) is 36.4 Å². The molecule has 0 amide bonds. The van der Waals surface area contributed by atoms with Crippen molar-refractivity contribution >= 4 is 51.2 Å². The first-order valence-corrected chi connectivity index (χ1v) is 8.00. The third-order valence-corrected chi connectivity index (χ3v) is 4.08. The summed E-state index contributed by atoms with van der Waals surface area (Å²) in [7, 11) is -4.20. The van der Waals surface area contributed by atoms with Crippen LogP contribution >= 0.6 is 0 Å². The quantitative estimate of drug-likeness (QED) is 0.650. The fourth-order valence-corrected chi connectivity index (χ4v) is 3.05. The Morgan fingerprint density at radius 3 is 1.71 bits per heavy atom. The van der Waals surface area contributed by atoms with Crippen molar-refractivity contribution in [3.05, 3.63) is 73.3 Å². The maximum absolute atomic E-state index is 12.7. The second kappa shape index (κ2) is 8.20. The molecule has 0 unspecified atom stereocenters. The number of para-hydroxylation sites is 2. The van der Waals surface area contributed by atoms with Crippen LogP contribution in [0, 0.1) is 0 Å². The molecule has 0 aliphatic rings. The van der Waals surface area contributed by atoms with Crippen molar-refractivity contribution in [1.29, 1.82) is 0 Å². The van der Waals surface area contributed by atoms with E-state index >= 15 is 0 Å². The fourth-order valence-electron chi connectivity index (χ4n) is 1.94. The van der Waals surface area contributed by atoms with Gasteiger partial charge in [-0.3, -0.25) is 0 Å². The van der Waals surface area contributed by atoms with Gasteiger partial charge in [-0.25, -0.2) is 9.29 Å². The van der Waals surface area contributed by atoms with Gasteiger partial charge >= 0.3 is 45.9 Å². The van der Waals surface area contributed by atoms with Crippen LogP contribution in [0.1, 0.15) is 0 Å². The molecule has 0 saturated heterocycles. The maximum atomic E-state index is 12.7. The first-order chi connectivity index (χ1) is 11.2. The molecule has 0 N–H and O–H groups in total. The minimum atomic E-state index is -4.20. The Morgan fingerprint density at radius 2 is 1.25 bits per heavy atom. The molecule has 3 aromatic rings. The van der Waals surface area contributed by atoms with Crippen LogP contribution in [0.5, 0.6) is 6.01 Å². The summed E-state index contributed by atoms with van der Waals surface area (Å²) >= 11 is 0. The van der Waals surface area contributed by atoms with Crippen LogP contribution in [-0.2, 0) is 10.3 Å². The molecule has 0 aliphatic carbocycles. The Morgan fingerprint density at radius 1 is 0.792 bits per heavy atom. The number of anilines is 2. The first-order valence-electron chi connectivity index (χ1n) is 6.64. The molecule has 0 spiro atoms. The van der Waals surface area contributed by atoms with Crippen LogP contribution in [0.2, 0.25) is 0 Å². The molecule has 9 heteroatoms. The van der Waals surface area contributed by atoms with E-state index in [9.17, 15) is 8.42 Å². The van der Waals surface area contributed by atoms with E-state index in [0.29, 0.717) is 11.4 Å². The van der Waals surface area contributed by atoms with Crippen LogP contribution < -0.4 is 8.49 Å². The van der Waals surface area contributed by atoms with E-state index in [2.05, 4.69) is 15.0 Å². The molecular formula is C15H13N4NaO3S. The average Bonchev–Trinajstić information content (AvgIpc) is 2.57. The van der Waals surface area contributed by atoms with Crippen LogP contribution in [0.15, 0.2) is 73.3 Å². The van der Waals surface area contributed by atoms with E-state index in [0.717, 1.165) is 17.0 Å². The Hall–Kier alpha value is -2.00. The second-order valence-electron chi connectivity index (χ2n) is 4.40. The normalized spacial score (nSPS) is 10.5. The average molecular weight is 352 g/mol. The summed E-state index contributed by atoms with van der Waals surface area (Å²) in [4.78, 5) is 11.0. The second-order valence-corrected chi connectivity index (χ2v) is 5.78. The van der Waals surface area contributed by atoms with Gasteiger partial charge in [0.15, 0.2) is 0 Å². The van der Waals surface area contributed by atoms with E-state index in [1.807, 2.05) is 0 Å². The van der Waals surface area contributed by atoms with Gasteiger partial charge in [-0.15, -0.1) is 0 Å². The van der Waals surface area contributed by atoms with Crippen molar-refractivity contribution in [3.63, 3.8) is 0 Å². The number of hydrogen-bond acceptors (Lipinski definition) is 6. The zero-order valence-electron chi connectivity index (χ0n) is 11.9. The summed E-state index contributed by atoms with van der Waals surface area (Å²) in [5, 5.41) is 0. The van der Waals surface area contributed by atoms with Gasteiger partial charge in [-0.05, 0) is 24.3 Å². The molecule has 1 aromatic heterocycles. The van der Waals surface area contributed by atoms with Crippen molar-refractivity contribution in [1.82, 2.24) is 15.0 Å². The van der Waals surface area contributed by atoms with Crippen molar-refractivity contribution in [2.24, 2.45) is 0 Å². The molecule has 0 saturated carbocycles. The molecular weight excluding hydrogens is 339 g/mol. The number of benzene rings is 2. The van der Waals surface area contributed by atoms with Crippen LogP contribution in [0.3, 0.4) is 0 Å². The van der Waals surface area contributed by atoms with Gasteiger partial charge in [-0.2, -0.15) is 18.4 Å². The van der Waals surface area contributed by atoms with Crippen LogP contribution in [0.4, 0.5) is 11.4 Å². The standard InChI is InChI=1S/C15H12N4O3S.Na.H/c20-23(21,22-15-17-11-16-12-18-15)19(13-7-3-1-4-8-13)14-9-5-2-6-10-14;;/h1-12H;;. The number of nitrogens with zero attached hydrogens (tertiary/aromatic N) is 4. The van der Waals surface area contributed by atoms with Gasteiger partial charge in [0, 0.05) is 0 Å². The Labute approximate surface area is 161 Å². The van der Waals surface area contributed by atoms with Gasteiger partial charge in [0.1, 0.15) is 12.7 Å². The van der Waals surface area contributed by atoms with Crippen molar-refractivity contribution in [3.8, 4) is 6.01 Å². The summed E-state index contributed by atoms with van der Waals surface area (Å²) in [6, 6.07) is 16.9. The van der Waals surface area contributed by atoms with Crippen molar-refractivity contribution < 1.29 is 12.6 Å². The summed E-state index contributed by atoms with van der Waals surface area (Å²) in [6.45, 7) is 0. The predicted molar refractivity (Wildman–Crippen MR) is 91.5 cm³/mol. The van der Waals surface area contributed by atoms with E-state index in [1.165, 1.54) is 0 Å². The molecule has 2 aromatic carbocycles. The third-order valence-electron chi connectivity index (χ3n) is 2.85. The summed E-state index contributed by atoms with van der Waals surface area (Å²) in [5.41, 5.74) is 0.875. The summed E-state index contributed by atoms with van der Waals surface area (Å²) in [5.74, 6) is 0. The van der Waals surface area contributed by atoms with Crippen molar-refractivity contribution in [2.75, 3.05) is 4.31 Å². The molecule has 0 aliphatic heterocycles. The minimum absolute atomic E-state index is 0. The van der Waals surface area contributed by atoms with Gasteiger partial charge < -0.3 is 4.18 Å². The van der Waals surface area contributed by atoms with Gasteiger partial charge in [0.25, 0.3) is 0 Å². The molecule has 0 atom stereocenters. The molecule has 118 valence electrons. The predicted octanol–water partition coefficient (Wildman–Crippen LogP) is 1.69. The molecule has 24 heavy (non-hydrogen) atoms. The SMILES string of the molecule is O=S(=O)(Oc1ncncn1)N(c1ccccc1)c1ccccc1.[NaH]. The fraction of sp³-hybridized carbons (Fsp3) is 0. The van der Waals surface area contributed by atoms with Gasteiger partial charge in [0.2, 0.25) is 0 Å². The summed E-state index contributed by atoms with van der Waals surface area (Å²) < 4.78 is 31.5. The Balaban J connectivity index is 0.00000208. The molecule has 0 radical (unpaired) electrons. The third kappa shape index (κ3) is 4.30. The number of rotatable bonds is 5. The summed E-state index contributed by atoms with van der Waals surface area (Å²) in [6.07, 6.45) is 2.32. The van der Waals surface area contributed by atoms with E-state index < -0.39 is 10.3 Å². The van der Waals surface area contributed by atoms with E-state index in [1.54, 1.807) is 60.7 Å². The Kier molecular flexibility index (Phi) is 6.27. The van der Waals surface area contributed by atoms with Crippen LogP contribution in [0.25, 0.3) is 0 Å². The van der Waals surface area contributed by atoms with E-state index in [-0.39, 0.29) is 35.6 Å².